The van der Waals surface area contributed by atoms with Gasteiger partial charge in [-0.05, 0) is 37.1 Å². The number of benzene rings is 1. The number of anilines is 2. The summed E-state index contributed by atoms with van der Waals surface area (Å²) in [6.07, 6.45) is 3.01. The molecule has 3 saturated heterocycles. The van der Waals surface area contributed by atoms with E-state index in [1.165, 1.54) is 6.33 Å². The average molecular weight is 434 g/mol. The Balaban J connectivity index is 1.36. The quantitative estimate of drug-likeness (QED) is 0.785. The third kappa shape index (κ3) is 3.68. The summed E-state index contributed by atoms with van der Waals surface area (Å²) in [6, 6.07) is 8.02. The number of carbonyl (C=O) groups excluding carboxylic acids is 1. The number of rotatable bonds is 5. The van der Waals surface area contributed by atoms with E-state index in [1.807, 2.05) is 36.1 Å². The van der Waals surface area contributed by atoms with Gasteiger partial charge in [0.05, 0.1) is 12.2 Å². The second-order valence-corrected chi connectivity index (χ2v) is 7.90. The first-order chi connectivity index (χ1) is 13.0. The molecule has 2 unspecified atom stereocenters. The molecular weight excluding hydrogens is 413 g/mol. The average Bonchev–Trinajstić information content (AvgIpc) is 2.68. The van der Waals surface area contributed by atoms with E-state index in [9.17, 15) is 9.18 Å². The van der Waals surface area contributed by atoms with E-state index in [0.717, 1.165) is 16.6 Å². The van der Waals surface area contributed by atoms with Gasteiger partial charge in [-0.2, -0.15) is 0 Å². The van der Waals surface area contributed by atoms with Crippen molar-refractivity contribution >= 4 is 33.3 Å². The zero-order chi connectivity index (χ0) is 19.0. The number of nitrogens with zero attached hydrogens (tertiary/aromatic N) is 4. The minimum absolute atomic E-state index is 0.0260. The van der Waals surface area contributed by atoms with Gasteiger partial charge < -0.3 is 10.2 Å². The molecule has 27 heavy (non-hydrogen) atoms. The molecule has 0 aliphatic carbocycles. The molecule has 0 saturated carbocycles. The van der Waals surface area contributed by atoms with Crippen molar-refractivity contribution in [3.8, 4) is 0 Å². The van der Waals surface area contributed by atoms with Crippen molar-refractivity contribution in [2.75, 3.05) is 29.9 Å². The van der Waals surface area contributed by atoms with Crippen molar-refractivity contribution < 1.29 is 9.18 Å². The Hall–Kier alpha value is -2.06. The van der Waals surface area contributed by atoms with Crippen LogP contribution in [0.3, 0.4) is 0 Å². The summed E-state index contributed by atoms with van der Waals surface area (Å²) >= 11 is 3.38. The molecular formula is C19H21BrFN5O. The number of hydrogen-bond donors (Lipinski definition) is 1. The zero-order valence-corrected chi connectivity index (χ0v) is 16.6. The van der Waals surface area contributed by atoms with E-state index < -0.39 is 0 Å². The zero-order valence-electron chi connectivity index (χ0n) is 15.0. The van der Waals surface area contributed by atoms with Crippen LogP contribution in [0.4, 0.5) is 15.9 Å². The van der Waals surface area contributed by atoms with Gasteiger partial charge in [-0.25, -0.2) is 14.4 Å². The number of aromatic nitrogens is 2. The van der Waals surface area contributed by atoms with Crippen LogP contribution in [-0.2, 0) is 11.2 Å². The fourth-order valence-electron chi connectivity index (χ4n) is 3.88. The first kappa shape index (κ1) is 18.3. The van der Waals surface area contributed by atoms with Gasteiger partial charge in [0.25, 0.3) is 0 Å². The molecule has 0 radical (unpaired) electrons. The molecule has 1 aromatic carbocycles. The molecule has 2 aromatic rings. The van der Waals surface area contributed by atoms with Gasteiger partial charge in [-0.15, -0.1) is 0 Å². The Bertz CT molecular complexity index is 834. The van der Waals surface area contributed by atoms with E-state index in [4.69, 9.17) is 0 Å². The normalized spacial score (nSPS) is 21.7. The molecule has 1 N–H and O–H groups in total. The highest BCUT2D eigenvalue weighted by molar-refractivity contribution is 9.10. The third-order valence-corrected chi connectivity index (χ3v) is 5.80. The highest BCUT2D eigenvalue weighted by Crippen LogP contribution is 2.34. The maximum atomic E-state index is 14.5. The highest BCUT2D eigenvalue weighted by Gasteiger charge is 2.46. The van der Waals surface area contributed by atoms with Gasteiger partial charge in [-0.1, -0.05) is 22.9 Å². The minimum atomic E-state index is -0.319. The summed E-state index contributed by atoms with van der Waals surface area (Å²) in [6.45, 7) is 3.60. The van der Waals surface area contributed by atoms with Crippen LogP contribution in [0, 0.1) is 5.82 Å². The van der Waals surface area contributed by atoms with E-state index >= 15 is 0 Å². The summed E-state index contributed by atoms with van der Waals surface area (Å²) in [7, 11) is 0. The number of nitrogens with one attached hydrogen (secondary N) is 1. The molecule has 3 fully saturated rings. The maximum Gasteiger partial charge on any atom is 0.238 e. The molecule has 5 rings (SSSR count). The van der Waals surface area contributed by atoms with Crippen LogP contribution in [0.1, 0.15) is 19.0 Å². The summed E-state index contributed by atoms with van der Waals surface area (Å²) in [4.78, 5) is 24.7. The lowest BCUT2D eigenvalue weighted by Crippen LogP contribution is -2.70. The van der Waals surface area contributed by atoms with Crippen molar-refractivity contribution in [2.24, 2.45) is 0 Å². The van der Waals surface area contributed by atoms with E-state index in [2.05, 4.69) is 36.1 Å². The van der Waals surface area contributed by atoms with Gasteiger partial charge in [0, 0.05) is 35.3 Å². The highest BCUT2D eigenvalue weighted by atomic mass is 79.9. The number of halogens is 2. The Morgan fingerprint density at radius 2 is 1.96 bits per heavy atom. The summed E-state index contributed by atoms with van der Waals surface area (Å²) in [5.41, 5.74) is 1.23. The van der Waals surface area contributed by atoms with Crippen molar-refractivity contribution in [1.29, 1.82) is 0 Å². The molecule has 4 heterocycles. The number of aryl methyl sites for hydroxylation is 1. The lowest BCUT2D eigenvalue weighted by molar-refractivity contribution is -0.121. The Morgan fingerprint density at radius 3 is 2.63 bits per heavy atom. The van der Waals surface area contributed by atoms with Crippen LogP contribution in [0.25, 0.3) is 0 Å². The lowest BCUT2D eigenvalue weighted by Gasteiger charge is -2.56. The van der Waals surface area contributed by atoms with Crippen LogP contribution >= 0.6 is 15.9 Å². The molecule has 1 aromatic heterocycles. The standard InChI is InChI=1S/C19H21BrFN5O/c1-2-16-18(21)19(23-11-22-16)25-8-14-7-15(9-25)26(14)10-17(27)24-13-5-3-12(20)4-6-13/h3-6,11,14-15H,2,7-10H2,1H3,(H,24,27). The number of carbonyl (C=O) groups is 1. The molecule has 1 amide bonds. The fourth-order valence-corrected chi connectivity index (χ4v) is 4.14. The molecule has 2 atom stereocenters. The van der Waals surface area contributed by atoms with Crippen LogP contribution in [0.15, 0.2) is 35.1 Å². The molecule has 142 valence electrons. The smallest absolute Gasteiger partial charge is 0.238 e. The largest absolute Gasteiger partial charge is 0.351 e. The predicted octanol–water partition coefficient (Wildman–Crippen LogP) is 2.84. The van der Waals surface area contributed by atoms with Crippen molar-refractivity contribution in [1.82, 2.24) is 14.9 Å². The van der Waals surface area contributed by atoms with Gasteiger partial charge in [-0.3, -0.25) is 9.69 Å². The first-order valence-electron chi connectivity index (χ1n) is 9.10. The van der Waals surface area contributed by atoms with Gasteiger partial charge in [0.15, 0.2) is 11.6 Å². The number of piperidine rings is 1. The molecule has 0 spiro atoms. The SMILES string of the molecule is CCc1ncnc(N2CC3CC(C2)N3CC(=O)Nc2ccc(Br)cc2)c1F. The second-order valence-electron chi connectivity index (χ2n) is 6.99. The van der Waals surface area contributed by atoms with Crippen molar-refractivity contribution in [3.63, 3.8) is 0 Å². The third-order valence-electron chi connectivity index (χ3n) is 5.28. The van der Waals surface area contributed by atoms with Gasteiger partial charge >= 0.3 is 0 Å². The molecule has 6 nitrogen and oxygen atoms in total. The Kier molecular flexibility index (Phi) is 5.10. The van der Waals surface area contributed by atoms with Crippen molar-refractivity contribution in [2.45, 2.75) is 31.8 Å². The van der Waals surface area contributed by atoms with Crippen LogP contribution < -0.4 is 10.2 Å². The number of piperazine rings is 1. The predicted molar refractivity (Wildman–Crippen MR) is 105 cm³/mol. The van der Waals surface area contributed by atoms with Crippen LogP contribution in [0.2, 0.25) is 0 Å². The number of fused-ring (bicyclic) bond motifs is 2. The maximum absolute atomic E-state index is 14.5. The van der Waals surface area contributed by atoms with Gasteiger partial charge in [0.2, 0.25) is 5.91 Å². The fraction of sp³-hybridized carbons (Fsp3) is 0.421. The molecule has 2 bridgehead atoms. The monoisotopic (exact) mass is 433 g/mol. The van der Waals surface area contributed by atoms with E-state index in [1.54, 1.807) is 0 Å². The number of hydrogen-bond acceptors (Lipinski definition) is 5. The Labute approximate surface area is 165 Å². The molecule has 8 heteroatoms. The van der Waals surface area contributed by atoms with Crippen molar-refractivity contribution in [3.05, 3.63) is 46.6 Å². The Morgan fingerprint density at radius 1 is 1.26 bits per heavy atom. The summed E-state index contributed by atoms with van der Waals surface area (Å²) in [5, 5.41) is 2.93. The first-order valence-corrected chi connectivity index (χ1v) is 9.90. The van der Waals surface area contributed by atoms with E-state index in [-0.39, 0.29) is 23.8 Å². The topological polar surface area (TPSA) is 61.4 Å². The van der Waals surface area contributed by atoms with Gasteiger partial charge in [0.1, 0.15) is 6.33 Å². The number of amides is 1. The summed E-state index contributed by atoms with van der Waals surface area (Å²) < 4.78 is 15.5. The molecule has 3 aliphatic rings. The molecule has 3 aliphatic heterocycles. The van der Waals surface area contributed by atoms with Crippen LogP contribution in [0.5, 0.6) is 0 Å². The second kappa shape index (κ2) is 7.52. The lowest BCUT2D eigenvalue weighted by atomic mass is 9.87. The van der Waals surface area contributed by atoms with E-state index in [0.29, 0.717) is 37.6 Å². The van der Waals surface area contributed by atoms with Crippen LogP contribution in [-0.4, -0.2) is 52.5 Å². The summed E-state index contributed by atoms with van der Waals surface area (Å²) in [5.74, 6) is 0.0401. The minimum Gasteiger partial charge on any atom is -0.351 e.